The first kappa shape index (κ1) is 7.90. The van der Waals surface area contributed by atoms with Crippen molar-refractivity contribution in [2.45, 2.75) is 0 Å². The van der Waals surface area contributed by atoms with Gasteiger partial charge < -0.3 is 4.74 Å². The molecule has 1 aliphatic rings. The third kappa shape index (κ3) is 0.993. The Bertz CT molecular complexity index is 360. The molecule has 0 saturated carbocycles. The molecular weight excluding hydrogens is 199 g/mol. The van der Waals surface area contributed by atoms with Crippen LogP contribution in [0.3, 0.4) is 0 Å². The highest BCUT2D eigenvalue weighted by atomic mass is 35.5. The van der Waals surface area contributed by atoms with Gasteiger partial charge in [-0.2, -0.15) is 0 Å². The molecule has 12 heavy (non-hydrogen) atoms. The van der Waals surface area contributed by atoms with Gasteiger partial charge in [-0.3, -0.25) is 4.79 Å². The second-order valence-electron chi connectivity index (χ2n) is 2.45. The van der Waals surface area contributed by atoms with E-state index in [1.165, 1.54) is 0 Å². The van der Waals surface area contributed by atoms with Crippen LogP contribution in [0.15, 0.2) is 12.1 Å². The second-order valence-corrected chi connectivity index (χ2v) is 3.26. The molecule has 1 aromatic rings. The van der Waals surface area contributed by atoms with Gasteiger partial charge in [0.05, 0.1) is 15.6 Å². The lowest BCUT2D eigenvalue weighted by Gasteiger charge is -2.00. The van der Waals surface area contributed by atoms with Crippen LogP contribution in [0.2, 0.25) is 10.0 Å². The van der Waals surface area contributed by atoms with E-state index in [9.17, 15) is 4.79 Å². The van der Waals surface area contributed by atoms with Gasteiger partial charge in [-0.25, -0.2) is 0 Å². The zero-order valence-electron chi connectivity index (χ0n) is 5.93. The Morgan fingerprint density at radius 3 is 2.58 bits per heavy atom. The molecule has 0 aromatic heterocycles. The summed E-state index contributed by atoms with van der Waals surface area (Å²) in [5.74, 6) is 0.298. The van der Waals surface area contributed by atoms with Crippen molar-refractivity contribution in [3.05, 3.63) is 27.7 Å². The number of hydrogen-bond donors (Lipinski definition) is 0. The van der Waals surface area contributed by atoms with Crippen LogP contribution >= 0.6 is 23.2 Å². The Kier molecular flexibility index (Phi) is 1.74. The van der Waals surface area contributed by atoms with Crippen molar-refractivity contribution in [2.75, 3.05) is 6.61 Å². The Morgan fingerprint density at radius 1 is 1.25 bits per heavy atom. The summed E-state index contributed by atoms with van der Waals surface area (Å²) in [7, 11) is 0. The first-order valence-corrected chi connectivity index (χ1v) is 4.10. The number of Topliss-reactive ketones (excluding diaryl/α,β-unsaturated/α-hetero) is 1. The van der Waals surface area contributed by atoms with Crippen molar-refractivity contribution in [1.29, 1.82) is 0 Å². The van der Waals surface area contributed by atoms with Crippen LogP contribution in [0.4, 0.5) is 0 Å². The largest absolute Gasteiger partial charge is 0.483 e. The molecule has 0 saturated heterocycles. The van der Waals surface area contributed by atoms with Gasteiger partial charge in [-0.05, 0) is 12.1 Å². The average Bonchev–Trinajstić information content (AvgIpc) is 2.42. The van der Waals surface area contributed by atoms with E-state index in [1.807, 2.05) is 0 Å². The standard InChI is InChI=1S/C8H4Cl2O2/c9-4-1-2-5(10)8-7(4)6(11)3-12-8/h1-2H,3H2. The van der Waals surface area contributed by atoms with Crippen LogP contribution in [0.25, 0.3) is 0 Å². The van der Waals surface area contributed by atoms with Crippen molar-refractivity contribution < 1.29 is 9.53 Å². The molecule has 0 unspecified atom stereocenters. The van der Waals surface area contributed by atoms with Crippen LogP contribution < -0.4 is 4.74 Å². The fraction of sp³-hybridized carbons (Fsp3) is 0.125. The molecule has 0 aliphatic carbocycles. The lowest BCUT2D eigenvalue weighted by molar-refractivity contribution is 0.0961. The molecule has 0 amide bonds. The summed E-state index contributed by atoms with van der Waals surface area (Å²) in [4.78, 5) is 11.2. The number of halogens is 2. The van der Waals surface area contributed by atoms with Crippen LogP contribution in [-0.2, 0) is 0 Å². The molecule has 1 aliphatic heterocycles. The van der Waals surface area contributed by atoms with Gasteiger partial charge in [0, 0.05) is 0 Å². The fourth-order valence-corrected chi connectivity index (χ4v) is 1.61. The highest BCUT2D eigenvalue weighted by Gasteiger charge is 2.26. The van der Waals surface area contributed by atoms with Crippen LogP contribution in [0.5, 0.6) is 5.75 Å². The minimum Gasteiger partial charge on any atom is -0.483 e. The topological polar surface area (TPSA) is 26.3 Å². The summed E-state index contributed by atoms with van der Waals surface area (Å²) in [6.45, 7) is 0.0405. The third-order valence-corrected chi connectivity index (χ3v) is 2.30. The van der Waals surface area contributed by atoms with Crippen LogP contribution in [-0.4, -0.2) is 12.4 Å². The maximum Gasteiger partial charge on any atom is 0.205 e. The molecule has 0 N–H and O–H groups in total. The van der Waals surface area contributed by atoms with Gasteiger partial charge in [0.2, 0.25) is 5.78 Å². The van der Waals surface area contributed by atoms with E-state index < -0.39 is 0 Å². The van der Waals surface area contributed by atoms with E-state index in [-0.39, 0.29) is 12.4 Å². The van der Waals surface area contributed by atoms with E-state index in [1.54, 1.807) is 12.1 Å². The normalized spacial score (nSPS) is 14.3. The minimum atomic E-state index is -0.113. The monoisotopic (exact) mass is 202 g/mol. The highest BCUT2D eigenvalue weighted by Crippen LogP contribution is 2.37. The number of ether oxygens (including phenoxy) is 1. The summed E-state index contributed by atoms with van der Waals surface area (Å²) >= 11 is 11.5. The molecule has 0 spiro atoms. The van der Waals surface area contributed by atoms with Crippen LogP contribution in [0.1, 0.15) is 10.4 Å². The molecule has 2 nitrogen and oxygen atoms in total. The Hall–Kier alpha value is -0.730. The maximum atomic E-state index is 11.2. The minimum absolute atomic E-state index is 0.0405. The summed E-state index contributed by atoms with van der Waals surface area (Å²) in [5.41, 5.74) is 0.407. The number of fused-ring (bicyclic) bond motifs is 1. The molecule has 0 bridgehead atoms. The number of carbonyl (C=O) groups excluding carboxylic acids is 1. The molecule has 4 heteroatoms. The fourth-order valence-electron chi connectivity index (χ4n) is 1.14. The highest BCUT2D eigenvalue weighted by molar-refractivity contribution is 6.37. The predicted octanol–water partition coefficient (Wildman–Crippen LogP) is 2.57. The number of benzene rings is 1. The predicted molar refractivity (Wildman–Crippen MR) is 46.3 cm³/mol. The Morgan fingerprint density at radius 2 is 1.92 bits per heavy atom. The van der Waals surface area contributed by atoms with E-state index in [4.69, 9.17) is 27.9 Å². The smallest absolute Gasteiger partial charge is 0.205 e. The summed E-state index contributed by atoms with van der Waals surface area (Å²) in [5, 5.41) is 0.831. The molecular formula is C8H4Cl2O2. The third-order valence-electron chi connectivity index (χ3n) is 1.69. The SMILES string of the molecule is O=C1COc2c(Cl)ccc(Cl)c21. The van der Waals surface area contributed by atoms with E-state index >= 15 is 0 Å². The Labute approximate surface area is 79.0 Å². The molecule has 0 fully saturated rings. The lowest BCUT2D eigenvalue weighted by Crippen LogP contribution is -1.99. The number of rotatable bonds is 0. The van der Waals surface area contributed by atoms with Crippen LogP contribution in [0, 0.1) is 0 Å². The van der Waals surface area contributed by atoms with Gasteiger partial charge in [-0.1, -0.05) is 23.2 Å². The van der Waals surface area contributed by atoms with Gasteiger partial charge in [0.1, 0.15) is 0 Å². The van der Waals surface area contributed by atoms with E-state index in [0.29, 0.717) is 21.4 Å². The second kappa shape index (κ2) is 2.64. The average molecular weight is 203 g/mol. The molecule has 2 rings (SSSR count). The molecule has 0 radical (unpaired) electrons. The van der Waals surface area contributed by atoms with Crippen molar-refractivity contribution in [1.82, 2.24) is 0 Å². The Balaban J connectivity index is 2.72. The molecule has 0 atom stereocenters. The van der Waals surface area contributed by atoms with Crippen molar-refractivity contribution >= 4 is 29.0 Å². The quantitative estimate of drug-likeness (QED) is 0.647. The molecule has 1 heterocycles. The van der Waals surface area contributed by atoms with Crippen molar-refractivity contribution in [3.8, 4) is 5.75 Å². The van der Waals surface area contributed by atoms with Gasteiger partial charge >= 0.3 is 0 Å². The van der Waals surface area contributed by atoms with E-state index in [0.717, 1.165) is 0 Å². The van der Waals surface area contributed by atoms with Gasteiger partial charge in [-0.15, -0.1) is 0 Å². The van der Waals surface area contributed by atoms with Gasteiger partial charge in [0.25, 0.3) is 0 Å². The zero-order chi connectivity index (χ0) is 8.72. The summed E-state index contributed by atoms with van der Waals surface area (Å²) in [6.07, 6.45) is 0. The first-order chi connectivity index (χ1) is 5.70. The number of ketones is 1. The molecule has 62 valence electrons. The van der Waals surface area contributed by atoms with E-state index in [2.05, 4.69) is 0 Å². The lowest BCUT2D eigenvalue weighted by atomic mass is 10.1. The zero-order valence-corrected chi connectivity index (χ0v) is 7.45. The number of carbonyl (C=O) groups is 1. The summed E-state index contributed by atoms with van der Waals surface area (Å²) in [6, 6.07) is 3.20. The van der Waals surface area contributed by atoms with Crippen molar-refractivity contribution in [2.24, 2.45) is 0 Å². The first-order valence-electron chi connectivity index (χ1n) is 3.34. The molecule has 1 aromatic carbocycles. The number of hydrogen-bond acceptors (Lipinski definition) is 2. The summed E-state index contributed by atoms with van der Waals surface area (Å²) < 4.78 is 5.06. The maximum absolute atomic E-state index is 11.2. The van der Waals surface area contributed by atoms with Crippen molar-refractivity contribution in [3.63, 3.8) is 0 Å². The van der Waals surface area contributed by atoms with Gasteiger partial charge in [0.15, 0.2) is 12.4 Å².